The van der Waals surface area contributed by atoms with Gasteiger partial charge in [-0.1, -0.05) is 30.2 Å². The van der Waals surface area contributed by atoms with Gasteiger partial charge in [0.25, 0.3) is 0 Å². The number of ketones is 2. The number of rotatable bonds is 6. The van der Waals surface area contributed by atoms with Gasteiger partial charge in [0, 0.05) is 11.3 Å². The van der Waals surface area contributed by atoms with E-state index in [1.165, 1.54) is 11.1 Å². The Labute approximate surface area is 182 Å². The molecule has 0 saturated heterocycles. The minimum Gasteiger partial charge on any atom is -0.481 e. The Kier molecular flexibility index (Phi) is 5.52. The van der Waals surface area contributed by atoms with Crippen molar-refractivity contribution in [2.45, 2.75) is 58.8 Å². The number of carbonyl (C=O) groups excluding carboxylic acids is 3. The third-order valence-electron chi connectivity index (χ3n) is 8.25. The van der Waals surface area contributed by atoms with Crippen molar-refractivity contribution in [1.29, 1.82) is 0 Å². The number of esters is 1. The average molecular weight is 427 g/mol. The largest absolute Gasteiger partial charge is 0.481 e. The van der Waals surface area contributed by atoms with Crippen LogP contribution in [0.15, 0.2) is 35.5 Å². The molecule has 5 atom stereocenters. The van der Waals surface area contributed by atoms with Crippen molar-refractivity contribution in [3.63, 3.8) is 0 Å². The Bertz CT molecular complexity index is 924. The van der Waals surface area contributed by atoms with Crippen LogP contribution in [0.5, 0.6) is 0 Å². The van der Waals surface area contributed by atoms with Crippen LogP contribution < -0.4 is 0 Å². The Hall–Kier alpha value is -2.50. The molecule has 0 aliphatic heterocycles. The highest BCUT2D eigenvalue weighted by molar-refractivity contribution is 6.01. The van der Waals surface area contributed by atoms with Gasteiger partial charge in [-0.05, 0) is 68.4 Å². The number of ether oxygens (including phenoxy) is 1. The molecule has 4 aliphatic carbocycles. The number of carboxylic acids is 1. The molecule has 2 fully saturated rings. The van der Waals surface area contributed by atoms with E-state index in [9.17, 15) is 19.2 Å². The second kappa shape index (κ2) is 7.88. The number of carbonyl (C=O) groups is 4. The molecular formula is C25H30O6. The molecule has 2 saturated carbocycles. The van der Waals surface area contributed by atoms with Crippen LogP contribution in [0.3, 0.4) is 0 Å². The summed E-state index contributed by atoms with van der Waals surface area (Å²) in [5, 5.41) is 8.67. The van der Waals surface area contributed by atoms with Crippen LogP contribution in [0.4, 0.5) is 0 Å². The minimum atomic E-state index is -1.06. The summed E-state index contributed by atoms with van der Waals surface area (Å²) in [6, 6.07) is 0. The quantitative estimate of drug-likeness (QED) is 0.512. The van der Waals surface area contributed by atoms with E-state index in [1.54, 1.807) is 12.2 Å². The Morgan fingerprint density at radius 2 is 1.94 bits per heavy atom. The first-order chi connectivity index (χ1) is 14.6. The highest BCUT2D eigenvalue weighted by Crippen LogP contribution is 2.63. The molecule has 2 unspecified atom stereocenters. The van der Waals surface area contributed by atoms with E-state index < -0.39 is 11.9 Å². The van der Waals surface area contributed by atoms with E-state index in [-0.39, 0.29) is 47.8 Å². The lowest BCUT2D eigenvalue weighted by atomic mass is 9.52. The van der Waals surface area contributed by atoms with Gasteiger partial charge in [0.2, 0.25) is 0 Å². The molecule has 0 bridgehead atoms. The van der Waals surface area contributed by atoms with Crippen molar-refractivity contribution < 1.29 is 29.0 Å². The third-order valence-corrected chi connectivity index (χ3v) is 8.25. The number of fused-ring (bicyclic) bond motifs is 5. The summed E-state index contributed by atoms with van der Waals surface area (Å²) in [5.74, 6) is -1.05. The predicted molar refractivity (Wildman–Crippen MR) is 113 cm³/mol. The molecule has 6 nitrogen and oxygen atoms in total. The molecular weight excluding hydrogens is 396 g/mol. The van der Waals surface area contributed by atoms with Crippen LogP contribution in [-0.4, -0.2) is 35.2 Å². The van der Waals surface area contributed by atoms with E-state index >= 15 is 0 Å². The monoisotopic (exact) mass is 426 g/mol. The first-order valence-corrected chi connectivity index (χ1v) is 11.2. The van der Waals surface area contributed by atoms with Gasteiger partial charge in [-0.2, -0.15) is 0 Å². The van der Waals surface area contributed by atoms with Gasteiger partial charge >= 0.3 is 11.9 Å². The summed E-state index contributed by atoms with van der Waals surface area (Å²) < 4.78 is 5.08. The van der Waals surface area contributed by atoms with Crippen LogP contribution in [0.2, 0.25) is 0 Å². The van der Waals surface area contributed by atoms with Gasteiger partial charge in [-0.3, -0.25) is 19.2 Å². The summed E-state index contributed by atoms with van der Waals surface area (Å²) in [6.07, 6.45) is 11.8. The molecule has 0 heterocycles. The lowest BCUT2D eigenvalue weighted by molar-refractivity contribution is -0.152. The van der Waals surface area contributed by atoms with Crippen molar-refractivity contribution in [2.75, 3.05) is 6.61 Å². The van der Waals surface area contributed by atoms with E-state index in [4.69, 9.17) is 9.84 Å². The fourth-order valence-electron chi connectivity index (χ4n) is 6.58. The zero-order chi connectivity index (χ0) is 22.4. The maximum Gasteiger partial charge on any atom is 0.306 e. The van der Waals surface area contributed by atoms with Crippen molar-refractivity contribution in [3.05, 3.63) is 35.5 Å². The molecule has 0 radical (unpaired) electrons. The number of Topliss-reactive ketones (excluding diaryl/α,β-unsaturated/α-hetero) is 1. The number of allylic oxidation sites excluding steroid dienone is 6. The Morgan fingerprint density at radius 1 is 1.16 bits per heavy atom. The highest BCUT2D eigenvalue weighted by atomic mass is 16.5. The summed E-state index contributed by atoms with van der Waals surface area (Å²) >= 11 is 0. The number of aliphatic carboxylic acids is 1. The standard InChI is InChI=1S/C25H30O6/c1-24-11-9-16(26)13-15(24)3-4-17-18-5-6-20(25(18,2)12-10-19(17)24)21(27)14-31-23(30)8-7-22(28)29/h9-11,13,17-18,20H,3-8,12,14H2,1-2H3,(H,28,29)/t17?,18?,20-,24+,25+/m1/s1. The fourth-order valence-corrected chi connectivity index (χ4v) is 6.58. The lowest BCUT2D eigenvalue weighted by Gasteiger charge is -2.52. The minimum absolute atomic E-state index is 0.0590. The van der Waals surface area contributed by atoms with Crippen LogP contribution in [0.1, 0.15) is 58.8 Å². The first kappa shape index (κ1) is 21.7. The van der Waals surface area contributed by atoms with Gasteiger partial charge in [-0.25, -0.2) is 0 Å². The Morgan fingerprint density at radius 3 is 2.68 bits per heavy atom. The summed E-state index contributed by atoms with van der Waals surface area (Å²) in [5.41, 5.74) is 2.24. The van der Waals surface area contributed by atoms with Crippen molar-refractivity contribution in [1.82, 2.24) is 0 Å². The van der Waals surface area contributed by atoms with Crippen LogP contribution in [0.25, 0.3) is 0 Å². The predicted octanol–water partition coefficient (Wildman–Crippen LogP) is 3.81. The Balaban J connectivity index is 1.48. The zero-order valence-electron chi connectivity index (χ0n) is 18.2. The van der Waals surface area contributed by atoms with E-state index in [1.807, 2.05) is 0 Å². The number of carboxylic acid groups (broad SMARTS) is 1. The number of hydrogen-bond donors (Lipinski definition) is 1. The first-order valence-electron chi connectivity index (χ1n) is 11.2. The second-order valence-corrected chi connectivity index (χ2v) is 9.88. The molecule has 0 aromatic carbocycles. The van der Waals surface area contributed by atoms with Crippen LogP contribution in [0, 0.1) is 28.6 Å². The second-order valence-electron chi connectivity index (χ2n) is 9.88. The zero-order valence-corrected chi connectivity index (χ0v) is 18.2. The topological polar surface area (TPSA) is 97.7 Å². The number of hydrogen-bond acceptors (Lipinski definition) is 5. The van der Waals surface area contributed by atoms with Gasteiger partial charge in [0.1, 0.15) is 6.61 Å². The summed E-state index contributed by atoms with van der Waals surface area (Å²) in [7, 11) is 0. The lowest BCUT2D eigenvalue weighted by Crippen LogP contribution is -2.45. The molecule has 1 N–H and O–H groups in total. The summed E-state index contributed by atoms with van der Waals surface area (Å²) in [6.45, 7) is 4.12. The van der Waals surface area contributed by atoms with Crippen molar-refractivity contribution in [3.8, 4) is 0 Å². The molecule has 6 heteroatoms. The highest BCUT2D eigenvalue weighted by Gasteiger charge is 2.56. The molecule has 0 aromatic heterocycles. The molecule has 4 aliphatic rings. The molecule has 0 aromatic rings. The third kappa shape index (κ3) is 3.70. The van der Waals surface area contributed by atoms with Gasteiger partial charge < -0.3 is 9.84 Å². The van der Waals surface area contributed by atoms with Crippen LogP contribution >= 0.6 is 0 Å². The van der Waals surface area contributed by atoms with Gasteiger partial charge in [-0.15, -0.1) is 0 Å². The maximum absolute atomic E-state index is 13.0. The SMILES string of the molecule is C[C@]12C=CC(=O)C=C1CCC1C2=CC[C@@]2(C)C1CC[C@@H]2C(=O)COC(=O)CCC(=O)O. The normalized spacial score (nSPS) is 35.9. The molecule has 31 heavy (non-hydrogen) atoms. The van der Waals surface area contributed by atoms with E-state index in [0.717, 1.165) is 32.1 Å². The molecule has 166 valence electrons. The van der Waals surface area contributed by atoms with E-state index in [0.29, 0.717) is 11.8 Å². The van der Waals surface area contributed by atoms with Gasteiger partial charge in [0.15, 0.2) is 11.6 Å². The molecule has 0 amide bonds. The van der Waals surface area contributed by atoms with Crippen molar-refractivity contribution in [2.24, 2.45) is 28.6 Å². The maximum atomic E-state index is 13.0. The smallest absolute Gasteiger partial charge is 0.306 e. The van der Waals surface area contributed by atoms with Gasteiger partial charge in [0.05, 0.1) is 12.8 Å². The molecule has 4 rings (SSSR count). The van der Waals surface area contributed by atoms with E-state index in [2.05, 4.69) is 26.0 Å². The summed E-state index contributed by atoms with van der Waals surface area (Å²) in [4.78, 5) is 47.1. The fraction of sp³-hybridized carbons (Fsp3) is 0.600. The van der Waals surface area contributed by atoms with Crippen LogP contribution in [-0.2, 0) is 23.9 Å². The molecule has 0 spiro atoms. The average Bonchev–Trinajstić information content (AvgIpc) is 3.08. The van der Waals surface area contributed by atoms with Crippen molar-refractivity contribution >= 4 is 23.5 Å².